The van der Waals surface area contributed by atoms with Crippen molar-refractivity contribution < 1.29 is 17.9 Å². The Balaban J connectivity index is 2.00. The fourth-order valence-corrected chi connectivity index (χ4v) is 2.73. The third kappa shape index (κ3) is 5.53. The van der Waals surface area contributed by atoms with E-state index < -0.39 is 10.0 Å². The van der Waals surface area contributed by atoms with Crippen molar-refractivity contribution in [2.45, 2.75) is 5.75 Å². The summed E-state index contributed by atoms with van der Waals surface area (Å²) in [6, 6.07) is 13.8. The van der Waals surface area contributed by atoms with E-state index in [1.807, 2.05) is 24.3 Å². The van der Waals surface area contributed by atoms with E-state index in [0.29, 0.717) is 17.0 Å². The van der Waals surface area contributed by atoms with Gasteiger partial charge in [-0.15, -0.1) is 0 Å². The van der Waals surface area contributed by atoms with Gasteiger partial charge < -0.3 is 10.1 Å². The maximum absolute atomic E-state index is 11.9. The molecule has 2 aromatic rings. The van der Waals surface area contributed by atoms with Crippen LogP contribution in [0.3, 0.4) is 0 Å². The molecule has 24 heavy (non-hydrogen) atoms. The summed E-state index contributed by atoms with van der Waals surface area (Å²) in [5, 5.41) is 7.68. The molecule has 0 spiro atoms. The lowest BCUT2D eigenvalue weighted by atomic mass is 10.2. The molecule has 0 radical (unpaired) electrons. The first-order valence-corrected chi connectivity index (χ1v) is 8.80. The molecule has 0 aliphatic heterocycles. The zero-order valence-electron chi connectivity index (χ0n) is 13.1. The highest BCUT2D eigenvalue weighted by molar-refractivity contribution is 7.88. The van der Waals surface area contributed by atoms with Crippen LogP contribution in [0.25, 0.3) is 6.08 Å². The first-order chi connectivity index (χ1) is 11.4. The Bertz CT molecular complexity index is 843. The summed E-state index contributed by atoms with van der Waals surface area (Å²) in [7, 11) is -2.00. The number of nitrogens with two attached hydrogens (primary N) is 1. The van der Waals surface area contributed by atoms with Crippen LogP contribution in [0.1, 0.15) is 11.1 Å². The van der Waals surface area contributed by atoms with E-state index in [-0.39, 0.29) is 11.7 Å². The van der Waals surface area contributed by atoms with Crippen LogP contribution in [0.2, 0.25) is 0 Å². The number of para-hydroxylation sites is 1. The number of sulfonamides is 1. The molecule has 7 heteroatoms. The van der Waals surface area contributed by atoms with Gasteiger partial charge in [0.2, 0.25) is 15.9 Å². The number of methoxy groups -OCH3 is 1. The van der Waals surface area contributed by atoms with E-state index in [1.165, 1.54) is 6.08 Å². The minimum Gasteiger partial charge on any atom is -0.496 e. The lowest BCUT2D eigenvalue weighted by molar-refractivity contribution is -0.111. The first-order valence-electron chi connectivity index (χ1n) is 7.09. The summed E-state index contributed by atoms with van der Waals surface area (Å²) in [4.78, 5) is 11.9. The number of benzene rings is 2. The number of nitrogens with one attached hydrogen (secondary N) is 1. The van der Waals surface area contributed by atoms with Crippen LogP contribution >= 0.6 is 0 Å². The monoisotopic (exact) mass is 346 g/mol. The van der Waals surface area contributed by atoms with E-state index in [2.05, 4.69) is 5.32 Å². The number of hydrogen-bond acceptors (Lipinski definition) is 4. The molecule has 3 N–H and O–H groups in total. The maximum Gasteiger partial charge on any atom is 0.248 e. The lowest BCUT2D eigenvalue weighted by Crippen LogP contribution is -2.14. The Hall–Kier alpha value is -2.64. The van der Waals surface area contributed by atoms with Gasteiger partial charge in [-0.1, -0.05) is 30.3 Å². The molecule has 0 aliphatic rings. The highest BCUT2D eigenvalue weighted by Gasteiger charge is 2.05. The molecule has 2 rings (SSSR count). The summed E-state index contributed by atoms with van der Waals surface area (Å²) < 4.78 is 27.3. The Morgan fingerprint density at radius 3 is 2.46 bits per heavy atom. The number of primary sulfonamides is 1. The molecule has 0 atom stereocenters. The van der Waals surface area contributed by atoms with Gasteiger partial charge in [-0.25, -0.2) is 13.6 Å². The Labute approximate surface area is 141 Å². The smallest absolute Gasteiger partial charge is 0.248 e. The lowest BCUT2D eigenvalue weighted by Gasteiger charge is -2.05. The number of hydrogen-bond donors (Lipinski definition) is 2. The minimum atomic E-state index is -3.57. The van der Waals surface area contributed by atoms with Crippen molar-refractivity contribution in [3.8, 4) is 5.75 Å². The number of ether oxygens (including phenoxy) is 1. The number of carbonyl (C=O) groups excluding carboxylic acids is 1. The van der Waals surface area contributed by atoms with Crippen molar-refractivity contribution in [3.05, 3.63) is 65.7 Å². The van der Waals surface area contributed by atoms with Crippen molar-refractivity contribution >= 4 is 27.7 Å². The molecule has 0 unspecified atom stereocenters. The number of carbonyl (C=O) groups is 1. The molecular weight excluding hydrogens is 328 g/mol. The van der Waals surface area contributed by atoms with Crippen LogP contribution in [-0.2, 0) is 20.6 Å². The van der Waals surface area contributed by atoms with Crippen molar-refractivity contribution in [1.29, 1.82) is 0 Å². The number of amides is 1. The zero-order valence-corrected chi connectivity index (χ0v) is 13.9. The molecule has 0 saturated carbocycles. The van der Waals surface area contributed by atoms with E-state index in [4.69, 9.17) is 9.88 Å². The van der Waals surface area contributed by atoms with Gasteiger partial charge in [0.1, 0.15) is 5.75 Å². The largest absolute Gasteiger partial charge is 0.496 e. The molecule has 0 bridgehead atoms. The van der Waals surface area contributed by atoms with E-state index in [9.17, 15) is 13.2 Å². The van der Waals surface area contributed by atoms with Gasteiger partial charge in [-0.2, -0.15) is 0 Å². The van der Waals surface area contributed by atoms with Crippen molar-refractivity contribution in [3.63, 3.8) is 0 Å². The molecule has 2 aromatic carbocycles. The van der Waals surface area contributed by atoms with Crippen molar-refractivity contribution in [1.82, 2.24) is 0 Å². The van der Waals surface area contributed by atoms with E-state index >= 15 is 0 Å². The third-order valence-corrected chi connectivity index (χ3v) is 3.88. The molecule has 6 nitrogen and oxygen atoms in total. The topological polar surface area (TPSA) is 98.5 Å². The van der Waals surface area contributed by atoms with Gasteiger partial charge in [0.05, 0.1) is 12.9 Å². The quantitative estimate of drug-likeness (QED) is 0.783. The molecule has 0 aromatic heterocycles. The Kier molecular flexibility index (Phi) is 5.73. The summed E-state index contributed by atoms with van der Waals surface area (Å²) in [5.74, 6) is 0.128. The van der Waals surface area contributed by atoms with Gasteiger partial charge >= 0.3 is 0 Å². The maximum atomic E-state index is 11.9. The molecule has 0 aliphatic carbocycles. The van der Waals surface area contributed by atoms with Crippen LogP contribution in [-0.4, -0.2) is 21.4 Å². The highest BCUT2D eigenvalue weighted by Crippen LogP contribution is 2.18. The summed E-state index contributed by atoms with van der Waals surface area (Å²) in [5.41, 5.74) is 1.90. The van der Waals surface area contributed by atoms with Gasteiger partial charge in [-0.05, 0) is 29.8 Å². The van der Waals surface area contributed by atoms with E-state index in [0.717, 1.165) is 5.56 Å². The van der Waals surface area contributed by atoms with Crippen LogP contribution in [0.4, 0.5) is 5.69 Å². The van der Waals surface area contributed by atoms with Crippen LogP contribution < -0.4 is 15.2 Å². The fraction of sp³-hybridized carbons (Fsp3) is 0.118. The fourth-order valence-electron chi connectivity index (χ4n) is 2.07. The highest BCUT2D eigenvalue weighted by atomic mass is 32.2. The number of anilines is 1. The predicted octanol–water partition coefficient (Wildman–Crippen LogP) is 2.14. The van der Waals surface area contributed by atoms with Gasteiger partial charge in [0.15, 0.2) is 0 Å². The van der Waals surface area contributed by atoms with Gasteiger partial charge in [-0.3, -0.25) is 4.79 Å². The average molecular weight is 346 g/mol. The third-order valence-electron chi connectivity index (χ3n) is 3.14. The second-order valence-corrected chi connectivity index (χ2v) is 6.68. The predicted molar refractivity (Wildman–Crippen MR) is 93.9 cm³/mol. The Morgan fingerprint density at radius 1 is 1.17 bits per heavy atom. The van der Waals surface area contributed by atoms with Crippen LogP contribution in [0, 0.1) is 0 Å². The van der Waals surface area contributed by atoms with Crippen LogP contribution in [0.15, 0.2) is 54.6 Å². The Morgan fingerprint density at radius 2 is 1.83 bits per heavy atom. The minimum absolute atomic E-state index is 0.241. The number of rotatable bonds is 6. The molecule has 126 valence electrons. The summed E-state index contributed by atoms with van der Waals surface area (Å²) in [6.07, 6.45) is 3.06. The summed E-state index contributed by atoms with van der Waals surface area (Å²) >= 11 is 0. The van der Waals surface area contributed by atoms with Crippen LogP contribution in [0.5, 0.6) is 5.75 Å². The molecule has 0 saturated heterocycles. The molecule has 0 fully saturated rings. The normalized spacial score (nSPS) is 11.4. The SMILES string of the molecule is COc1ccccc1/C=C/C(=O)Nc1ccc(CS(N)(=O)=O)cc1. The second kappa shape index (κ2) is 7.76. The summed E-state index contributed by atoms with van der Waals surface area (Å²) in [6.45, 7) is 0. The molecule has 0 heterocycles. The zero-order chi connectivity index (χ0) is 17.6. The standard InChI is InChI=1S/C17H18N2O4S/c1-23-16-5-3-2-4-14(16)8-11-17(20)19-15-9-6-13(7-10-15)12-24(18,21)22/h2-11H,12H2,1H3,(H,19,20)(H2,18,21,22)/b11-8+. The molecular formula is C17H18N2O4S. The second-order valence-electron chi connectivity index (χ2n) is 5.07. The van der Waals surface area contributed by atoms with Gasteiger partial charge in [0.25, 0.3) is 0 Å². The average Bonchev–Trinajstić information content (AvgIpc) is 2.53. The molecule has 1 amide bonds. The first kappa shape index (κ1) is 17.7. The van der Waals surface area contributed by atoms with Crippen molar-refractivity contribution in [2.24, 2.45) is 5.14 Å². The van der Waals surface area contributed by atoms with Gasteiger partial charge in [0, 0.05) is 17.3 Å². The van der Waals surface area contributed by atoms with Crippen molar-refractivity contribution in [2.75, 3.05) is 12.4 Å². The van der Waals surface area contributed by atoms with E-state index in [1.54, 1.807) is 37.5 Å².